The van der Waals surface area contributed by atoms with Gasteiger partial charge in [-0.05, 0) is 18.8 Å². The van der Waals surface area contributed by atoms with Crippen LogP contribution in [0.5, 0.6) is 0 Å². The molecule has 0 bridgehead atoms. The Balaban J connectivity index is 3.38. The van der Waals surface area contributed by atoms with Gasteiger partial charge in [0.05, 0.1) is 0 Å². The lowest BCUT2D eigenvalue weighted by Crippen LogP contribution is -2.34. The van der Waals surface area contributed by atoms with Crippen LogP contribution in [0.2, 0.25) is 0 Å². The average molecular weight is 159 g/mol. The van der Waals surface area contributed by atoms with Gasteiger partial charge in [-0.3, -0.25) is 0 Å². The van der Waals surface area contributed by atoms with Gasteiger partial charge in [0.25, 0.3) is 0 Å². The predicted molar refractivity (Wildman–Crippen MR) is 48.6 cm³/mol. The molecule has 2 N–H and O–H groups in total. The second kappa shape index (κ2) is 4.73. The van der Waals surface area contributed by atoms with Crippen LogP contribution in [0.1, 0.15) is 34.1 Å². The Hall–Kier alpha value is -0.0800. The maximum Gasteiger partial charge on any atom is 0.0445 e. The fourth-order valence-electron chi connectivity index (χ4n) is 0.776. The fraction of sp³-hybridized carbons (Fsp3) is 1.00. The molecule has 0 unspecified atom stereocenters. The van der Waals surface area contributed by atoms with Crippen molar-refractivity contribution < 1.29 is 5.11 Å². The lowest BCUT2D eigenvalue weighted by molar-refractivity contribution is 0.259. The van der Waals surface area contributed by atoms with Crippen molar-refractivity contribution in [3.63, 3.8) is 0 Å². The van der Waals surface area contributed by atoms with Crippen LogP contribution in [-0.2, 0) is 0 Å². The highest BCUT2D eigenvalue weighted by atomic mass is 16.3. The lowest BCUT2D eigenvalue weighted by Gasteiger charge is -2.22. The molecular formula is C9H21NO. The summed E-state index contributed by atoms with van der Waals surface area (Å²) in [6.45, 7) is 9.98. The van der Waals surface area contributed by atoms with Crippen LogP contribution in [0.15, 0.2) is 0 Å². The molecule has 0 aliphatic rings. The van der Waals surface area contributed by atoms with Crippen molar-refractivity contribution in [2.75, 3.05) is 13.2 Å². The molecule has 11 heavy (non-hydrogen) atoms. The molecule has 0 amide bonds. The third-order valence-corrected chi connectivity index (χ3v) is 1.54. The molecule has 0 rings (SSSR count). The summed E-state index contributed by atoms with van der Waals surface area (Å²) in [6, 6.07) is 0.430. The smallest absolute Gasteiger partial charge is 0.0445 e. The van der Waals surface area contributed by atoms with Crippen molar-refractivity contribution in [1.29, 1.82) is 0 Å². The predicted octanol–water partition coefficient (Wildman–Crippen LogP) is 1.39. The zero-order valence-electron chi connectivity index (χ0n) is 8.15. The standard InChI is InChI=1S/C9H21NO/c1-8(5-6-11)10-7-9(2,3)4/h8,10-11H,5-7H2,1-4H3/t8-/m1/s1. The summed E-state index contributed by atoms with van der Waals surface area (Å²) < 4.78 is 0. The quantitative estimate of drug-likeness (QED) is 0.649. The molecule has 0 radical (unpaired) electrons. The van der Waals surface area contributed by atoms with Gasteiger partial charge in [-0.2, -0.15) is 0 Å². The molecule has 0 aromatic rings. The largest absolute Gasteiger partial charge is 0.396 e. The summed E-state index contributed by atoms with van der Waals surface area (Å²) in [4.78, 5) is 0. The van der Waals surface area contributed by atoms with E-state index in [0.29, 0.717) is 11.5 Å². The van der Waals surface area contributed by atoms with E-state index in [2.05, 4.69) is 33.0 Å². The third-order valence-electron chi connectivity index (χ3n) is 1.54. The van der Waals surface area contributed by atoms with Crippen molar-refractivity contribution in [2.45, 2.75) is 40.2 Å². The lowest BCUT2D eigenvalue weighted by atomic mass is 9.96. The van der Waals surface area contributed by atoms with Gasteiger partial charge < -0.3 is 10.4 Å². The van der Waals surface area contributed by atoms with Gasteiger partial charge in [0.2, 0.25) is 0 Å². The molecule has 0 saturated heterocycles. The van der Waals surface area contributed by atoms with Crippen molar-refractivity contribution in [2.24, 2.45) is 5.41 Å². The van der Waals surface area contributed by atoms with Crippen molar-refractivity contribution in [3.8, 4) is 0 Å². The topological polar surface area (TPSA) is 32.3 Å². The minimum atomic E-state index is 0.276. The highest BCUT2D eigenvalue weighted by Gasteiger charge is 2.10. The number of aliphatic hydroxyl groups excluding tert-OH is 1. The summed E-state index contributed by atoms with van der Waals surface area (Å²) in [5.41, 5.74) is 0.337. The molecular weight excluding hydrogens is 138 g/mol. The zero-order valence-corrected chi connectivity index (χ0v) is 8.15. The zero-order chi connectivity index (χ0) is 8.91. The Bertz CT molecular complexity index is 96.2. The number of rotatable bonds is 4. The Kier molecular flexibility index (Phi) is 4.69. The molecule has 1 atom stereocenters. The molecule has 0 spiro atoms. The summed E-state index contributed by atoms with van der Waals surface area (Å²) in [5, 5.41) is 12.0. The number of nitrogens with one attached hydrogen (secondary N) is 1. The molecule has 0 aliphatic carbocycles. The van der Waals surface area contributed by atoms with Crippen LogP contribution >= 0.6 is 0 Å². The molecule has 0 saturated carbocycles. The number of hydrogen-bond donors (Lipinski definition) is 2. The van der Waals surface area contributed by atoms with Crippen LogP contribution in [0.25, 0.3) is 0 Å². The van der Waals surface area contributed by atoms with Gasteiger partial charge in [-0.1, -0.05) is 20.8 Å². The Labute approximate surface area is 70.0 Å². The van der Waals surface area contributed by atoms with E-state index in [0.717, 1.165) is 13.0 Å². The first kappa shape index (κ1) is 10.9. The van der Waals surface area contributed by atoms with E-state index in [1.54, 1.807) is 0 Å². The SMILES string of the molecule is C[C@H](CCO)NCC(C)(C)C. The van der Waals surface area contributed by atoms with Crippen LogP contribution < -0.4 is 5.32 Å². The van der Waals surface area contributed by atoms with Gasteiger partial charge >= 0.3 is 0 Å². The maximum absolute atomic E-state index is 8.63. The summed E-state index contributed by atoms with van der Waals surface area (Å²) >= 11 is 0. The van der Waals surface area contributed by atoms with Gasteiger partial charge in [-0.25, -0.2) is 0 Å². The van der Waals surface area contributed by atoms with Gasteiger partial charge in [0, 0.05) is 19.2 Å². The number of hydrogen-bond acceptors (Lipinski definition) is 2. The summed E-state index contributed by atoms with van der Waals surface area (Å²) in [6.07, 6.45) is 0.843. The van der Waals surface area contributed by atoms with Gasteiger partial charge in [0.1, 0.15) is 0 Å². The van der Waals surface area contributed by atoms with E-state index in [4.69, 9.17) is 5.11 Å². The average Bonchev–Trinajstić information content (AvgIpc) is 1.83. The third kappa shape index (κ3) is 7.82. The van der Waals surface area contributed by atoms with Crippen molar-refractivity contribution in [1.82, 2.24) is 5.32 Å². The maximum atomic E-state index is 8.63. The Morgan fingerprint density at radius 2 is 1.91 bits per heavy atom. The van der Waals surface area contributed by atoms with Crippen molar-refractivity contribution >= 4 is 0 Å². The molecule has 68 valence electrons. The highest BCUT2D eigenvalue weighted by Crippen LogP contribution is 2.10. The van der Waals surface area contributed by atoms with E-state index in [9.17, 15) is 0 Å². The van der Waals surface area contributed by atoms with Gasteiger partial charge in [0.15, 0.2) is 0 Å². The molecule has 0 aliphatic heterocycles. The van der Waals surface area contributed by atoms with Crippen LogP contribution in [0.3, 0.4) is 0 Å². The van der Waals surface area contributed by atoms with E-state index in [1.165, 1.54) is 0 Å². The normalized spacial score (nSPS) is 15.0. The van der Waals surface area contributed by atoms with E-state index >= 15 is 0 Å². The fourth-order valence-corrected chi connectivity index (χ4v) is 0.776. The van der Waals surface area contributed by atoms with Crippen LogP contribution in [0, 0.1) is 5.41 Å². The second-order valence-electron chi connectivity index (χ2n) is 4.35. The molecule has 0 heterocycles. The molecule has 2 heteroatoms. The first-order chi connectivity index (χ1) is 4.95. The minimum Gasteiger partial charge on any atom is -0.396 e. The number of aliphatic hydroxyl groups is 1. The first-order valence-corrected chi connectivity index (χ1v) is 4.30. The molecule has 0 fully saturated rings. The van der Waals surface area contributed by atoms with E-state index in [-0.39, 0.29) is 6.61 Å². The molecule has 0 aromatic heterocycles. The molecule has 0 aromatic carbocycles. The molecule has 2 nitrogen and oxygen atoms in total. The van der Waals surface area contributed by atoms with Crippen LogP contribution in [0.4, 0.5) is 0 Å². The van der Waals surface area contributed by atoms with Gasteiger partial charge in [-0.15, -0.1) is 0 Å². The van der Waals surface area contributed by atoms with E-state index < -0.39 is 0 Å². The monoisotopic (exact) mass is 159 g/mol. The van der Waals surface area contributed by atoms with Crippen LogP contribution in [-0.4, -0.2) is 24.3 Å². The second-order valence-corrected chi connectivity index (χ2v) is 4.35. The minimum absolute atomic E-state index is 0.276. The first-order valence-electron chi connectivity index (χ1n) is 4.30. The summed E-state index contributed by atoms with van der Waals surface area (Å²) in [7, 11) is 0. The highest BCUT2D eigenvalue weighted by molar-refractivity contribution is 4.68. The van der Waals surface area contributed by atoms with E-state index in [1.807, 2.05) is 0 Å². The van der Waals surface area contributed by atoms with Crippen molar-refractivity contribution in [3.05, 3.63) is 0 Å². The Morgan fingerprint density at radius 1 is 1.36 bits per heavy atom. The summed E-state index contributed by atoms with van der Waals surface area (Å²) in [5.74, 6) is 0. The Morgan fingerprint density at radius 3 is 2.27 bits per heavy atom.